The normalized spacial score (nSPS) is 18.0. The average Bonchev–Trinajstić information content (AvgIpc) is 2.66. The standard InChI is InChI=1S/C21H26ClNO2/c22-18-10-12-21(13-11-18)25-17-19-7-4-5-14-23(19)15-6-16-24-20-8-2-1-3-9-20/h1-3,8-13,19H,4-7,14-17H2. The van der Waals surface area contributed by atoms with Crippen LogP contribution in [-0.4, -0.2) is 37.2 Å². The van der Waals surface area contributed by atoms with E-state index in [9.17, 15) is 0 Å². The first-order valence-corrected chi connectivity index (χ1v) is 9.49. The van der Waals surface area contributed by atoms with E-state index in [0.717, 1.165) is 49.2 Å². The van der Waals surface area contributed by atoms with E-state index in [1.165, 1.54) is 19.3 Å². The zero-order chi connectivity index (χ0) is 17.3. The van der Waals surface area contributed by atoms with E-state index < -0.39 is 0 Å². The minimum Gasteiger partial charge on any atom is -0.494 e. The first-order chi connectivity index (χ1) is 12.3. The second kappa shape index (κ2) is 9.69. The Morgan fingerprint density at radius 1 is 0.920 bits per heavy atom. The molecule has 0 aromatic heterocycles. The molecule has 2 aromatic rings. The number of hydrogen-bond donors (Lipinski definition) is 0. The molecule has 1 fully saturated rings. The summed E-state index contributed by atoms with van der Waals surface area (Å²) in [6, 6.07) is 18.1. The van der Waals surface area contributed by atoms with Crippen molar-refractivity contribution < 1.29 is 9.47 Å². The quantitative estimate of drug-likeness (QED) is 0.616. The van der Waals surface area contributed by atoms with Crippen LogP contribution in [0.25, 0.3) is 0 Å². The average molecular weight is 360 g/mol. The van der Waals surface area contributed by atoms with Crippen molar-refractivity contribution in [2.75, 3.05) is 26.3 Å². The third-order valence-electron chi connectivity index (χ3n) is 4.61. The maximum absolute atomic E-state index is 5.97. The molecule has 3 rings (SSSR count). The number of rotatable bonds is 8. The van der Waals surface area contributed by atoms with Gasteiger partial charge in [0.1, 0.15) is 18.1 Å². The van der Waals surface area contributed by atoms with Crippen LogP contribution in [0.15, 0.2) is 54.6 Å². The van der Waals surface area contributed by atoms with Gasteiger partial charge < -0.3 is 9.47 Å². The highest BCUT2D eigenvalue weighted by Crippen LogP contribution is 2.20. The summed E-state index contributed by atoms with van der Waals surface area (Å²) in [5, 5.41) is 0.741. The van der Waals surface area contributed by atoms with E-state index in [1.807, 2.05) is 54.6 Å². The molecule has 134 valence electrons. The molecule has 0 spiro atoms. The Labute approximate surface area is 155 Å². The summed E-state index contributed by atoms with van der Waals surface area (Å²) in [5.74, 6) is 1.84. The predicted molar refractivity (Wildman–Crippen MR) is 103 cm³/mol. The van der Waals surface area contributed by atoms with E-state index in [-0.39, 0.29) is 0 Å². The van der Waals surface area contributed by atoms with Gasteiger partial charge in [-0.3, -0.25) is 4.90 Å². The molecule has 1 atom stereocenters. The molecule has 0 bridgehead atoms. The summed E-state index contributed by atoms with van der Waals surface area (Å²) in [6.45, 7) is 3.70. The molecule has 1 unspecified atom stereocenters. The lowest BCUT2D eigenvalue weighted by Crippen LogP contribution is -2.43. The van der Waals surface area contributed by atoms with Gasteiger partial charge in [-0.15, -0.1) is 0 Å². The van der Waals surface area contributed by atoms with E-state index >= 15 is 0 Å². The van der Waals surface area contributed by atoms with Crippen molar-refractivity contribution in [1.29, 1.82) is 0 Å². The maximum Gasteiger partial charge on any atom is 0.119 e. The molecule has 4 heteroatoms. The Balaban J connectivity index is 1.41. The molecular formula is C21H26ClNO2. The van der Waals surface area contributed by atoms with Crippen molar-refractivity contribution in [3.05, 3.63) is 59.6 Å². The monoisotopic (exact) mass is 359 g/mol. The minimum atomic E-state index is 0.487. The smallest absolute Gasteiger partial charge is 0.119 e. The maximum atomic E-state index is 5.97. The number of halogens is 1. The summed E-state index contributed by atoms with van der Waals surface area (Å²) < 4.78 is 11.8. The van der Waals surface area contributed by atoms with E-state index in [0.29, 0.717) is 6.04 Å². The third kappa shape index (κ3) is 5.94. The Kier molecular flexibility index (Phi) is 7.01. The Bertz CT molecular complexity index is 618. The molecule has 2 aromatic carbocycles. The molecule has 1 saturated heterocycles. The molecule has 0 aliphatic carbocycles. The third-order valence-corrected chi connectivity index (χ3v) is 4.86. The lowest BCUT2D eigenvalue weighted by Gasteiger charge is -2.35. The minimum absolute atomic E-state index is 0.487. The number of para-hydroxylation sites is 1. The second-order valence-electron chi connectivity index (χ2n) is 6.47. The van der Waals surface area contributed by atoms with Crippen LogP contribution >= 0.6 is 11.6 Å². The van der Waals surface area contributed by atoms with Crippen molar-refractivity contribution >= 4 is 11.6 Å². The van der Waals surface area contributed by atoms with Crippen LogP contribution in [-0.2, 0) is 0 Å². The van der Waals surface area contributed by atoms with Crippen molar-refractivity contribution in [2.45, 2.75) is 31.7 Å². The predicted octanol–water partition coefficient (Wildman–Crippen LogP) is 5.04. The van der Waals surface area contributed by atoms with Crippen LogP contribution in [0.4, 0.5) is 0 Å². The molecule has 1 aliphatic heterocycles. The molecule has 1 aliphatic rings. The van der Waals surface area contributed by atoms with Gasteiger partial charge in [-0.25, -0.2) is 0 Å². The number of hydrogen-bond acceptors (Lipinski definition) is 3. The van der Waals surface area contributed by atoms with Crippen molar-refractivity contribution in [3.63, 3.8) is 0 Å². The summed E-state index contributed by atoms with van der Waals surface area (Å²) in [7, 11) is 0. The van der Waals surface area contributed by atoms with Crippen molar-refractivity contribution in [1.82, 2.24) is 4.90 Å². The molecule has 3 nitrogen and oxygen atoms in total. The van der Waals surface area contributed by atoms with Crippen molar-refractivity contribution in [2.24, 2.45) is 0 Å². The van der Waals surface area contributed by atoms with Gasteiger partial charge >= 0.3 is 0 Å². The number of likely N-dealkylation sites (tertiary alicyclic amines) is 1. The lowest BCUT2D eigenvalue weighted by atomic mass is 10.0. The summed E-state index contributed by atoms with van der Waals surface area (Å²) in [4.78, 5) is 2.55. The van der Waals surface area contributed by atoms with Gasteiger partial charge in [-0.05, 0) is 62.2 Å². The van der Waals surface area contributed by atoms with Crippen molar-refractivity contribution in [3.8, 4) is 11.5 Å². The fraction of sp³-hybridized carbons (Fsp3) is 0.429. The van der Waals surface area contributed by atoms with E-state index in [2.05, 4.69) is 4.90 Å². The Morgan fingerprint density at radius 3 is 2.48 bits per heavy atom. The largest absolute Gasteiger partial charge is 0.494 e. The number of benzene rings is 2. The first-order valence-electron chi connectivity index (χ1n) is 9.11. The summed E-state index contributed by atoms with van der Waals surface area (Å²) >= 11 is 5.92. The van der Waals surface area contributed by atoms with E-state index in [1.54, 1.807) is 0 Å². The first kappa shape index (κ1) is 18.1. The van der Waals surface area contributed by atoms with Gasteiger partial charge in [0, 0.05) is 17.6 Å². The topological polar surface area (TPSA) is 21.7 Å². The van der Waals surface area contributed by atoms with Gasteiger partial charge in [0.25, 0.3) is 0 Å². The van der Waals surface area contributed by atoms with Gasteiger partial charge in [0.05, 0.1) is 6.61 Å². The van der Waals surface area contributed by atoms with Gasteiger partial charge in [0.15, 0.2) is 0 Å². The molecule has 25 heavy (non-hydrogen) atoms. The Hall–Kier alpha value is -1.71. The van der Waals surface area contributed by atoms with Crippen LogP contribution in [0.2, 0.25) is 5.02 Å². The highest BCUT2D eigenvalue weighted by Gasteiger charge is 2.22. The number of nitrogens with zero attached hydrogens (tertiary/aromatic N) is 1. The lowest BCUT2D eigenvalue weighted by molar-refractivity contribution is 0.0940. The fourth-order valence-electron chi connectivity index (χ4n) is 3.24. The van der Waals surface area contributed by atoms with Gasteiger partial charge in [-0.1, -0.05) is 36.2 Å². The molecule has 0 radical (unpaired) electrons. The SMILES string of the molecule is Clc1ccc(OCC2CCCCN2CCCOc2ccccc2)cc1. The fourth-order valence-corrected chi connectivity index (χ4v) is 3.37. The Morgan fingerprint density at radius 2 is 1.68 bits per heavy atom. The van der Waals surface area contributed by atoms with Crippen LogP contribution in [0.5, 0.6) is 11.5 Å². The van der Waals surface area contributed by atoms with E-state index in [4.69, 9.17) is 21.1 Å². The van der Waals surface area contributed by atoms with Gasteiger partial charge in [0.2, 0.25) is 0 Å². The molecule has 1 heterocycles. The number of ether oxygens (including phenoxy) is 2. The highest BCUT2D eigenvalue weighted by atomic mass is 35.5. The molecule has 0 N–H and O–H groups in total. The highest BCUT2D eigenvalue weighted by molar-refractivity contribution is 6.30. The molecule has 0 amide bonds. The second-order valence-corrected chi connectivity index (χ2v) is 6.90. The number of piperidine rings is 1. The summed E-state index contributed by atoms with van der Waals surface area (Å²) in [5.41, 5.74) is 0. The zero-order valence-corrected chi connectivity index (χ0v) is 15.3. The molecule has 0 saturated carbocycles. The van der Waals surface area contributed by atoms with Crippen LogP contribution in [0.1, 0.15) is 25.7 Å². The molecular weight excluding hydrogens is 334 g/mol. The van der Waals surface area contributed by atoms with Gasteiger partial charge in [-0.2, -0.15) is 0 Å². The zero-order valence-electron chi connectivity index (χ0n) is 14.6. The van der Waals surface area contributed by atoms with Crippen LogP contribution in [0, 0.1) is 0 Å². The summed E-state index contributed by atoms with van der Waals surface area (Å²) in [6.07, 6.45) is 4.79. The van der Waals surface area contributed by atoms with Crippen LogP contribution in [0.3, 0.4) is 0 Å². The van der Waals surface area contributed by atoms with Crippen LogP contribution < -0.4 is 9.47 Å².